The van der Waals surface area contributed by atoms with Gasteiger partial charge in [0.05, 0.1) is 15.5 Å². The molecule has 0 atom stereocenters. The normalized spacial score (nSPS) is 15.9. The van der Waals surface area contributed by atoms with E-state index in [4.69, 9.17) is 11.6 Å². The lowest BCUT2D eigenvalue weighted by Gasteiger charge is -2.32. The van der Waals surface area contributed by atoms with E-state index in [-0.39, 0.29) is 21.5 Å². The summed E-state index contributed by atoms with van der Waals surface area (Å²) in [4.78, 5) is 14.8. The third kappa shape index (κ3) is 5.60. The fraction of sp³-hybridized carbons (Fsp3) is 0.381. The molecule has 1 aliphatic heterocycles. The van der Waals surface area contributed by atoms with Gasteiger partial charge in [0, 0.05) is 39.8 Å². The lowest BCUT2D eigenvalue weighted by atomic mass is 10.0. The molecule has 0 saturated carbocycles. The molecular weight excluding hydrogens is 448 g/mol. The van der Waals surface area contributed by atoms with Crippen LogP contribution < -0.4 is 5.32 Å². The van der Waals surface area contributed by atoms with Gasteiger partial charge in [0.1, 0.15) is 0 Å². The molecule has 1 amide bonds. The lowest BCUT2D eigenvalue weighted by Crippen LogP contribution is -2.44. The number of nitrogens with one attached hydrogen (secondary N) is 1. The Morgan fingerprint density at radius 3 is 2.42 bits per heavy atom. The van der Waals surface area contributed by atoms with Crippen molar-refractivity contribution < 1.29 is 22.0 Å². The Balaban J connectivity index is 1.60. The molecule has 0 spiro atoms. The minimum absolute atomic E-state index is 0.00611. The highest BCUT2D eigenvalue weighted by atomic mass is 35.5. The van der Waals surface area contributed by atoms with Crippen molar-refractivity contribution in [1.82, 2.24) is 14.5 Å². The van der Waals surface area contributed by atoms with Crippen LogP contribution in [0.25, 0.3) is 0 Å². The quantitative estimate of drug-likeness (QED) is 0.702. The number of carbonyl (C=O) groups excluding carboxylic acids is 1. The van der Waals surface area contributed by atoms with Crippen LogP contribution in [0.3, 0.4) is 0 Å². The number of carbonyl (C=O) groups is 1. The average Bonchev–Trinajstić information content (AvgIpc) is 2.72. The number of benzene rings is 2. The van der Waals surface area contributed by atoms with Crippen molar-refractivity contribution in [2.75, 3.05) is 27.2 Å². The lowest BCUT2D eigenvalue weighted by molar-refractivity contribution is 0.0909. The Kier molecular flexibility index (Phi) is 7.31. The summed E-state index contributed by atoms with van der Waals surface area (Å²) in [7, 11) is -0.859. The Morgan fingerprint density at radius 2 is 1.81 bits per heavy atom. The Labute approximate surface area is 185 Å². The molecule has 0 radical (unpaired) electrons. The summed E-state index contributed by atoms with van der Waals surface area (Å²) in [6.45, 7) is 1.84. The molecule has 0 bridgehead atoms. The van der Waals surface area contributed by atoms with Crippen molar-refractivity contribution >= 4 is 27.5 Å². The van der Waals surface area contributed by atoms with Gasteiger partial charge in [-0.1, -0.05) is 17.7 Å². The number of sulfonamides is 1. The van der Waals surface area contributed by atoms with Crippen LogP contribution in [-0.4, -0.2) is 56.8 Å². The number of piperidine rings is 1. The number of hydrogen-bond acceptors (Lipinski definition) is 4. The molecule has 2 aromatic rings. The second-order valence-electron chi connectivity index (χ2n) is 7.70. The van der Waals surface area contributed by atoms with Crippen molar-refractivity contribution in [3.05, 3.63) is 64.2 Å². The van der Waals surface area contributed by atoms with Crippen molar-refractivity contribution in [3.63, 3.8) is 0 Å². The predicted molar refractivity (Wildman–Crippen MR) is 114 cm³/mol. The van der Waals surface area contributed by atoms with Gasteiger partial charge < -0.3 is 5.32 Å². The van der Waals surface area contributed by atoms with E-state index in [1.165, 1.54) is 38.4 Å². The van der Waals surface area contributed by atoms with Gasteiger partial charge >= 0.3 is 0 Å². The number of amides is 1. The first kappa shape index (κ1) is 23.6. The largest absolute Gasteiger partial charge is 0.349 e. The minimum Gasteiger partial charge on any atom is -0.349 e. The van der Waals surface area contributed by atoms with Crippen LogP contribution in [-0.2, 0) is 16.6 Å². The molecule has 0 aliphatic carbocycles. The molecular formula is C21H24ClF2N3O3S. The van der Waals surface area contributed by atoms with E-state index < -0.39 is 27.6 Å². The summed E-state index contributed by atoms with van der Waals surface area (Å²) in [5.41, 5.74) is 0.792. The highest BCUT2D eigenvalue weighted by Crippen LogP contribution is 2.23. The average molecular weight is 472 g/mol. The maximum atomic E-state index is 13.4. The fourth-order valence-corrected chi connectivity index (χ4v) is 4.58. The Bertz CT molecular complexity index is 1070. The van der Waals surface area contributed by atoms with E-state index >= 15 is 0 Å². The minimum atomic E-state index is -3.69. The van der Waals surface area contributed by atoms with Gasteiger partial charge in [-0.2, -0.15) is 0 Å². The number of nitrogens with zero attached hydrogens (tertiary/aromatic N) is 2. The molecule has 0 aromatic heterocycles. The molecule has 0 unspecified atom stereocenters. The second kappa shape index (κ2) is 9.60. The monoisotopic (exact) mass is 471 g/mol. The summed E-state index contributed by atoms with van der Waals surface area (Å²) < 4.78 is 52.2. The molecule has 168 valence electrons. The maximum Gasteiger partial charge on any atom is 0.253 e. The SMILES string of the molecule is CN(C)S(=O)(=O)c1ccc(Cl)c(C(=O)NC2CCN(Cc3ccc(F)c(F)c3)CC2)c1. The first-order valence-corrected chi connectivity index (χ1v) is 11.6. The van der Waals surface area contributed by atoms with Crippen molar-refractivity contribution in [1.29, 1.82) is 0 Å². The molecule has 6 nitrogen and oxygen atoms in total. The maximum absolute atomic E-state index is 13.4. The standard InChI is InChI=1S/C21H24ClF2N3O3S/c1-26(2)31(29,30)16-4-5-18(22)17(12-16)21(28)25-15-7-9-27(10-8-15)13-14-3-6-19(23)20(24)11-14/h3-6,11-12,15H,7-10,13H2,1-2H3,(H,25,28). The van der Waals surface area contributed by atoms with Crippen LogP contribution in [0.2, 0.25) is 5.02 Å². The predicted octanol–water partition coefficient (Wildman–Crippen LogP) is 3.26. The molecule has 31 heavy (non-hydrogen) atoms. The van der Waals surface area contributed by atoms with E-state index in [0.29, 0.717) is 38.0 Å². The fourth-order valence-electron chi connectivity index (χ4n) is 3.44. The van der Waals surface area contributed by atoms with E-state index in [1.807, 2.05) is 0 Å². The highest BCUT2D eigenvalue weighted by Gasteiger charge is 2.24. The zero-order valence-corrected chi connectivity index (χ0v) is 18.8. The van der Waals surface area contributed by atoms with Crippen molar-refractivity contribution in [3.8, 4) is 0 Å². The number of rotatable bonds is 6. The van der Waals surface area contributed by atoms with E-state index in [9.17, 15) is 22.0 Å². The molecule has 1 fully saturated rings. The van der Waals surface area contributed by atoms with Crippen LogP contribution in [0.4, 0.5) is 8.78 Å². The van der Waals surface area contributed by atoms with Gasteiger partial charge in [0.15, 0.2) is 11.6 Å². The Hall–Kier alpha value is -2.07. The molecule has 3 rings (SSSR count). The van der Waals surface area contributed by atoms with E-state index in [2.05, 4.69) is 10.2 Å². The van der Waals surface area contributed by atoms with Crippen molar-refractivity contribution in [2.45, 2.75) is 30.3 Å². The number of likely N-dealkylation sites (tertiary alicyclic amines) is 1. The van der Waals surface area contributed by atoms with Gasteiger partial charge in [0.2, 0.25) is 10.0 Å². The Morgan fingerprint density at radius 1 is 1.13 bits per heavy atom. The topological polar surface area (TPSA) is 69.7 Å². The summed E-state index contributed by atoms with van der Waals surface area (Å²) in [6.07, 6.45) is 1.34. The van der Waals surface area contributed by atoms with Gasteiger partial charge in [-0.05, 0) is 48.7 Å². The van der Waals surface area contributed by atoms with E-state index in [0.717, 1.165) is 10.4 Å². The smallest absolute Gasteiger partial charge is 0.253 e. The number of halogens is 3. The molecule has 2 aromatic carbocycles. The van der Waals surface area contributed by atoms with Crippen LogP contribution in [0.5, 0.6) is 0 Å². The number of hydrogen-bond donors (Lipinski definition) is 1. The van der Waals surface area contributed by atoms with Crippen LogP contribution in [0, 0.1) is 11.6 Å². The third-order valence-electron chi connectivity index (χ3n) is 5.27. The summed E-state index contributed by atoms with van der Waals surface area (Å²) in [5.74, 6) is -2.17. The van der Waals surface area contributed by atoms with Gasteiger partial charge in [0.25, 0.3) is 5.91 Å². The van der Waals surface area contributed by atoms with Gasteiger partial charge in [-0.25, -0.2) is 21.5 Å². The first-order valence-electron chi connectivity index (χ1n) is 9.77. The highest BCUT2D eigenvalue weighted by molar-refractivity contribution is 7.89. The zero-order valence-electron chi connectivity index (χ0n) is 17.2. The van der Waals surface area contributed by atoms with Crippen LogP contribution in [0.15, 0.2) is 41.3 Å². The molecule has 1 N–H and O–H groups in total. The third-order valence-corrected chi connectivity index (χ3v) is 7.41. The second-order valence-corrected chi connectivity index (χ2v) is 10.3. The molecule has 1 aliphatic rings. The van der Waals surface area contributed by atoms with Gasteiger partial charge in [-0.3, -0.25) is 9.69 Å². The van der Waals surface area contributed by atoms with Crippen LogP contribution in [0.1, 0.15) is 28.8 Å². The zero-order chi connectivity index (χ0) is 22.8. The summed E-state index contributed by atoms with van der Waals surface area (Å²) in [5, 5.41) is 3.09. The first-order chi connectivity index (χ1) is 14.6. The molecule has 1 heterocycles. The van der Waals surface area contributed by atoms with Crippen LogP contribution >= 0.6 is 11.6 Å². The summed E-state index contributed by atoms with van der Waals surface area (Å²) >= 11 is 6.14. The molecule has 1 saturated heterocycles. The van der Waals surface area contributed by atoms with E-state index in [1.54, 1.807) is 6.07 Å². The summed E-state index contributed by atoms with van der Waals surface area (Å²) in [6, 6.07) is 7.82. The molecule has 10 heteroatoms. The van der Waals surface area contributed by atoms with Gasteiger partial charge in [-0.15, -0.1) is 0 Å². The van der Waals surface area contributed by atoms with Crippen molar-refractivity contribution in [2.24, 2.45) is 0 Å².